The van der Waals surface area contributed by atoms with E-state index >= 15 is 0 Å². The van der Waals surface area contributed by atoms with Crippen molar-refractivity contribution in [3.63, 3.8) is 0 Å². The van der Waals surface area contributed by atoms with Crippen LogP contribution >= 0.6 is 23.8 Å². The molecule has 0 atom stereocenters. The van der Waals surface area contributed by atoms with Crippen molar-refractivity contribution in [1.82, 2.24) is 4.57 Å². The van der Waals surface area contributed by atoms with Crippen LogP contribution in [0.2, 0.25) is 5.02 Å². The van der Waals surface area contributed by atoms with E-state index in [1.807, 2.05) is 0 Å². The van der Waals surface area contributed by atoms with Gasteiger partial charge in [0.15, 0.2) is 5.58 Å². The van der Waals surface area contributed by atoms with E-state index in [9.17, 15) is 9.18 Å². The molecular formula is C14H7ClFNO2S. The standard InChI is InChI=1S/C14H7ClFNO2S/c15-8-5-6-12-11(7-8)17(14(20)19-12)13(18)9-3-1-2-4-10(9)16/h1-7H. The van der Waals surface area contributed by atoms with Gasteiger partial charge in [-0.2, -0.15) is 0 Å². The van der Waals surface area contributed by atoms with Crippen molar-refractivity contribution in [3.8, 4) is 0 Å². The molecule has 6 heteroatoms. The number of carbonyl (C=O) groups is 1. The number of fused-ring (bicyclic) bond motifs is 1. The lowest BCUT2D eigenvalue weighted by molar-refractivity contribution is 0.0955. The van der Waals surface area contributed by atoms with E-state index in [1.165, 1.54) is 18.2 Å². The Bertz CT molecular complexity index is 884. The molecule has 0 amide bonds. The van der Waals surface area contributed by atoms with Crippen molar-refractivity contribution in [1.29, 1.82) is 0 Å². The zero-order chi connectivity index (χ0) is 14.3. The van der Waals surface area contributed by atoms with Crippen LogP contribution < -0.4 is 0 Å². The molecule has 3 aromatic rings. The van der Waals surface area contributed by atoms with E-state index in [-0.39, 0.29) is 10.4 Å². The fraction of sp³-hybridized carbons (Fsp3) is 0. The van der Waals surface area contributed by atoms with E-state index in [0.29, 0.717) is 16.1 Å². The number of nitrogens with zero attached hydrogens (tertiary/aromatic N) is 1. The van der Waals surface area contributed by atoms with Gasteiger partial charge in [0.05, 0.1) is 11.1 Å². The number of aromatic nitrogens is 1. The van der Waals surface area contributed by atoms with Gasteiger partial charge >= 0.3 is 0 Å². The maximum Gasteiger partial charge on any atom is 0.276 e. The first-order valence-electron chi connectivity index (χ1n) is 5.68. The summed E-state index contributed by atoms with van der Waals surface area (Å²) in [6.45, 7) is 0. The second-order valence-corrected chi connectivity index (χ2v) is 4.89. The van der Waals surface area contributed by atoms with Crippen LogP contribution in [0.4, 0.5) is 4.39 Å². The number of benzene rings is 2. The summed E-state index contributed by atoms with van der Waals surface area (Å²) in [5.74, 6) is -1.20. The highest BCUT2D eigenvalue weighted by Gasteiger charge is 2.18. The lowest BCUT2D eigenvalue weighted by Crippen LogP contribution is -2.13. The predicted molar refractivity (Wildman–Crippen MR) is 76.2 cm³/mol. The van der Waals surface area contributed by atoms with Crippen LogP contribution in [0, 0.1) is 10.7 Å². The van der Waals surface area contributed by atoms with Crippen LogP contribution in [0.25, 0.3) is 11.1 Å². The summed E-state index contributed by atoms with van der Waals surface area (Å²) in [6, 6.07) is 10.5. The van der Waals surface area contributed by atoms with Gasteiger partial charge in [0.25, 0.3) is 10.7 Å². The smallest absolute Gasteiger partial charge is 0.276 e. The topological polar surface area (TPSA) is 35.1 Å². The van der Waals surface area contributed by atoms with Gasteiger partial charge in [-0.05, 0) is 42.5 Å². The molecule has 1 aromatic heterocycles. The number of hydrogen-bond donors (Lipinski definition) is 0. The first-order valence-corrected chi connectivity index (χ1v) is 6.47. The van der Waals surface area contributed by atoms with Gasteiger partial charge in [0.2, 0.25) is 0 Å². The minimum atomic E-state index is -0.615. The van der Waals surface area contributed by atoms with Crippen molar-refractivity contribution >= 4 is 40.8 Å². The van der Waals surface area contributed by atoms with E-state index in [0.717, 1.165) is 4.57 Å². The fourth-order valence-corrected chi connectivity index (χ4v) is 2.37. The molecule has 0 saturated carbocycles. The Morgan fingerprint density at radius 1 is 1.25 bits per heavy atom. The van der Waals surface area contributed by atoms with E-state index in [4.69, 9.17) is 28.2 Å². The van der Waals surface area contributed by atoms with E-state index in [2.05, 4.69) is 0 Å². The van der Waals surface area contributed by atoms with Crippen molar-refractivity contribution < 1.29 is 13.6 Å². The Kier molecular flexibility index (Phi) is 3.16. The second-order valence-electron chi connectivity index (χ2n) is 4.10. The number of halogens is 2. The molecule has 20 heavy (non-hydrogen) atoms. The van der Waals surface area contributed by atoms with Gasteiger partial charge < -0.3 is 4.42 Å². The number of hydrogen-bond acceptors (Lipinski definition) is 3. The number of oxazole rings is 1. The Morgan fingerprint density at radius 2 is 2.00 bits per heavy atom. The first-order chi connectivity index (χ1) is 9.58. The van der Waals surface area contributed by atoms with Gasteiger partial charge in [-0.1, -0.05) is 23.7 Å². The maximum atomic E-state index is 13.7. The van der Waals surface area contributed by atoms with Gasteiger partial charge in [-0.25, -0.2) is 8.96 Å². The number of rotatable bonds is 1. The minimum Gasteiger partial charge on any atom is -0.429 e. The van der Waals surface area contributed by atoms with Crippen molar-refractivity contribution in [2.75, 3.05) is 0 Å². The first kappa shape index (κ1) is 13.0. The van der Waals surface area contributed by atoms with Crippen LogP contribution in [0.5, 0.6) is 0 Å². The maximum absolute atomic E-state index is 13.7. The van der Waals surface area contributed by atoms with E-state index in [1.54, 1.807) is 24.3 Å². The highest BCUT2D eigenvalue weighted by molar-refractivity contribution is 7.71. The van der Waals surface area contributed by atoms with Gasteiger partial charge in [-0.15, -0.1) is 0 Å². The van der Waals surface area contributed by atoms with Gasteiger partial charge in [0, 0.05) is 5.02 Å². The molecule has 100 valence electrons. The molecule has 0 spiro atoms. The molecule has 0 radical (unpaired) electrons. The van der Waals surface area contributed by atoms with Crippen molar-refractivity contribution in [3.05, 3.63) is 63.7 Å². The molecule has 3 nitrogen and oxygen atoms in total. The SMILES string of the molecule is O=C(c1ccccc1F)n1c(=S)oc2ccc(Cl)cc21. The summed E-state index contributed by atoms with van der Waals surface area (Å²) in [5, 5.41) is 0.434. The molecule has 0 N–H and O–H groups in total. The highest BCUT2D eigenvalue weighted by Crippen LogP contribution is 2.23. The molecule has 0 aliphatic carbocycles. The summed E-state index contributed by atoms with van der Waals surface area (Å²) in [7, 11) is 0. The molecule has 2 aromatic carbocycles. The predicted octanol–water partition coefficient (Wildman–Crippen LogP) is 4.44. The van der Waals surface area contributed by atoms with Crippen LogP contribution in [-0.2, 0) is 0 Å². The fourth-order valence-electron chi connectivity index (χ4n) is 1.94. The number of carbonyl (C=O) groups excluding carboxylic acids is 1. The average molecular weight is 308 g/mol. The zero-order valence-electron chi connectivity index (χ0n) is 9.97. The monoisotopic (exact) mass is 307 g/mol. The van der Waals surface area contributed by atoms with Crippen LogP contribution in [-0.4, -0.2) is 10.5 Å². The normalized spacial score (nSPS) is 10.9. The third-order valence-corrected chi connectivity index (χ3v) is 3.35. The largest absolute Gasteiger partial charge is 0.429 e. The van der Waals surface area contributed by atoms with Crippen molar-refractivity contribution in [2.24, 2.45) is 0 Å². The average Bonchev–Trinajstić information content (AvgIpc) is 2.74. The molecule has 1 heterocycles. The molecule has 0 aliphatic rings. The van der Waals surface area contributed by atoms with Gasteiger partial charge in [0.1, 0.15) is 5.82 Å². The minimum absolute atomic E-state index is 0.0458. The molecule has 3 rings (SSSR count). The Hall–Kier alpha value is -1.98. The van der Waals surface area contributed by atoms with Crippen LogP contribution in [0.1, 0.15) is 10.4 Å². The molecule has 0 saturated heterocycles. The summed E-state index contributed by atoms with van der Waals surface area (Å²) >= 11 is 10.9. The summed E-state index contributed by atoms with van der Waals surface area (Å²) < 4.78 is 20.2. The Labute approximate surface area is 123 Å². The molecular weight excluding hydrogens is 301 g/mol. The summed E-state index contributed by atoms with van der Waals surface area (Å²) in [4.78, 5) is 12.4. The van der Waals surface area contributed by atoms with Gasteiger partial charge in [-0.3, -0.25) is 4.79 Å². The third kappa shape index (κ3) is 2.05. The third-order valence-electron chi connectivity index (χ3n) is 2.85. The molecule has 0 fully saturated rings. The lowest BCUT2D eigenvalue weighted by Gasteiger charge is -2.03. The second kappa shape index (κ2) is 4.85. The Morgan fingerprint density at radius 3 is 2.75 bits per heavy atom. The highest BCUT2D eigenvalue weighted by atomic mass is 35.5. The molecule has 0 bridgehead atoms. The molecule has 0 aliphatic heterocycles. The van der Waals surface area contributed by atoms with E-state index < -0.39 is 11.7 Å². The Balaban J connectivity index is 2.27. The summed E-state index contributed by atoms with van der Waals surface area (Å²) in [6.07, 6.45) is 0. The van der Waals surface area contributed by atoms with Crippen LogP contribution in [0.15, 0.2) is 46.9 Å². The van der Waals surface area contributed by atoms with Crippen molar-refractivity contribution in [2.45, 2.75) is 0 Å². The quantitative estimate of drug-likeness (QED) is 0.623. The zero-order valence-corrected chi connectivity index (χ0v) is 11.5. The molecule has 0 unspecified atom stereocenters. The lowest BCUT2D eigenvalue weighted by atomic mass is 10.2. The summed E-state index contributed by atoms with van der Waals surface area (Å²) in [5.41, 5.74) is 0.756. The van der Waals surface area contributed by atoms with Crippen LogP contribution in [0.3, 0.4) is 0 Å².